The van der Waals surface area contributed by atoms with Gasteiger partial charge in [-0.15, -0.1) is 0 Å². The van der Waals surface area contributed by atoms with Gasteiger partial charge in [0.25, 0.3) is 0 Å². The highest BCUT2D eigenvalue weighted by molar-refractivity contribution is 5.71. The molecule has 0 radical (unpaired) electrons. The minimum Gasteiger partial charge on any atom is -0.490 e. The van der Waals surface area contributed by atoms with Crippen molar-refractivity contribution in [3.05, 3.63) is 77.4 Å². The van der Waals surface area contributed by atoms with Crippen LogP contribution in [0.25, 0.3) is 22.3 Å². The summed E-state index contributed by atoms with van der Waals surface area (Å²) in [4.78, 5) is 0. The SMILES string of the molecule is CCCCCCCCCOc1ccc(-c2ccc(-c3ccc(C4OCC(CCC)CO4)c(F)c3F)cc2)c(F)c1F. The molecule has 7 heteroatoms. The maximum atomic E-state index is 15.1. The molecular weight excluding hydrogens is 532 g/mol. The van der Waals surface area contributed by atoms with Crippen molar-refractivity contribution in [1.82, 2.24) is 0 Å². The molecule has 0 amide bonds. The molecule has 1 saturated heterocycles. The zero-order valence-corrected chi connectivity index (χ0v) is 24.0. The zero-order valence-electron chi connectivity index (χ0n) is 24.0. The van der Waals surface area contributed by atoms with Gasteiger partial charge < -0.3 is 14.2 Å². The maximum absolute atomic E-state index is 15.1. The van der Waals surface area contributed by atoms with Crippen LogP contribution >= 0.6 is 0 Å². The Bertz CT molecular complexity index is 1250. The lowest BCUT2D eigenvalue weighted by Gasteiger charge is -2.29. The average molecular weight is 573 g/mol. The predicted octanol–water partition coefficient (Wildman–Crippen LogP) is 10.2. The van der Waals surface area contributed by atoms with E-state index in [4.69, 9.17) is 14.2 Å². The third-order valence-corrected chi connectivity index (χ3v) is 7.59. The molecule has 0 aliphatic carbocycles. The molecule has 1 aliphatic heterocycles. The molecule has 1 aliphatic rings. The molecule has 1 fully saturated rings. The molecule has 4 rings (SSSR count). The summed E-state index contributed by atoms with van der Waals surface area (Å²) in [6.07, 6.45) is 8.74. The third-order valence-electron chi connectivity index (χ3n) is 7.59. The molecular formula is C34H40F4O3. The van der Waals surface area contributed by atoms with Crippen LogP contribution in [0.2, 0.25) is 0 Å². The van der Waals surface area contributed by atoms with E-state index >= 15 is 8.78 Å². The average Bonchev–Trinajstić information content (AvgIpc) is 2.99. The number of benzene rings is 3. The molecule has 3 nitrogen and oxygen atoms in total. The molecule has 0 atom stereocenters. The minimum absolute atomic E-state index is 0.0182. The van der Waals surface area contributed by atoms with Gasteiger partial charge in [0.15, 0.2) is 29.5 Å². The Morgan fingerprint density at radius 3 is 1.80 bits per heavy atom. The van der Waals surface area contributed by atoms with Crippen molar-refractivity contribution in [3.63, 3.8) is 0 Å². The van der Waals surface area contributed by atoms with Crippen LogP contribution in [0.5, 0.6) is 5.75 Å². The lowest BCUT2D eigenvalue weighted by atomic mass is 9.98. The Labute approximate surface area is 240 Å². The van der Waals surface area contributed by atoms with Gasteiger partial charge in [0.05, 0.1) is 19.8 Å². The van der Waals surface area contributed by atoms with Crippen molar-refractivity contribution >= 4 is 0 Å². The second-order valence-electron chi connectivity index (χ2n) is 10.8. The van der Waals surface area contributed by atoms with Gasteiger partial charge >= 0.3 is 0 Å². The molecule has 3 aromatic rings. The molecule has 0 unspecified atom stereocenters. The van der Waals surface area contributed by atoms with Crippen molar-refractivity contribution < 1.29 is 31.8 Å². The van der Waals surface area contributed by atoms with E-state index in [0.717, 1.165) is 32.1 Å². The summed E-state index contributed by atoms with van der Waals surface area (Å²) in [7, 11) is 0. The second-order valence-corrected chi connectivity index (χ2v) is 10.8. The molecule has 41 heavy (non-hydrogen) atoms. The van der Waals surface area contributed by atoms with Gasteiger partial charge in [0.1, 0.15) is 0 Å². The minimum atomic E-state index is -1.04. The van der Waals surface area contributed by atoms with E-state index in [2.05, 4.69) is 13.8 Å². The van der Waals surface area contributed by atoms with Crippen LogP contribution in [0.3, 0.4) is 0 Å². The summed E-state index contributed by atoms with van der Waals surface area (Å²) < 4.78 is 76.6. The van der Waals surface area contributed by atoms with Crippen LogP contribution in [-0.2, 0) is 9.47 Å². The quantitative estimate of drug-likeness (QED) is 0.142. The summed E-state index contributed by atoms with van der Waals surface area (Å²) in [5.74, 6) is -3.95. The largest absolute Gasteiger partial charge is 0.490 e. The predicted molar refractivity (Wildman–Crippen MR) is 154 cm³/mol. The van der Waals surface area contributed by atoms with E-state index in [1.807, 2.05) is 0 Å². The molecule has 0 spiro atoms. The molecule has 0 saturated carbocycles. The van der Waals surface area contributed by atoms with Gasteiger partial charge in [-0.2, -0.15) is 4.39 Å². The van der Waals surface area contributed by atoms with Gasteiger partial charge in [0.2, 0.25) is 5.82 Å². The lowest BCUT2D eigenvalue weighted by Crippen LogP contribution is -2.27. The lowest BCUT2D eigenvalue weighted by molar-refractivity contribution is -0.207. The van der Waals surface area contributed by atoms with Crippen LogP contribution < -0.4 is 4.74 Å². The van der Waals surface area contributed by atoms with Crippen molar-refractivity contribution in [2.24, 2.45) is 5.92 Å². The number of halogens is 4. The van der Waals surface area contributed by atoms with Crippen molar-refractivity contribution in [2.45, 2.75) is 77.9 Å². The van der Waals surface area contributed by atoms with Crippen LogP contribution in [0.15, 0.2) is 48.5 Å². The first-order chi connectivity index (χ1) is 19.9. The smallest absolute Gasteiger partial charge is 0.201 e. The number of hydrogen-bond acceptors (Lipinski definition) is 3. The van der Waals surface area contributed by atoms with Crippen LogP contribution in [-0.4, -0.2) is 19.8 Å². The topological polar surface area (TPSA) is 27.7 Å². The van der Waals surface area contributed by atoms with Gasteiger partial charge in [-0.1, -0.05) is 95.2 Å². The first kappa shape index (κ1) is 31.0. The van der Waals surface area contributed by atoms with Gasteiger partial charge in [-0.25, -0.2) is 13.2 Å². The molecule has 3 aromatic carbocycles. The van der Waals surface area contributed by atoms with Crippen LogP contribution in [0.4, 0.5) is 17.6 Å². The molecule has 0 aromatic heterocycles. The zero-order chi connectivity index (χ0) is 29.2. The number of unbranched alkanes of at least 4 members (excludes halogenated alkanes) is 6. The summed E-state index contributed by atoms with van der Waals surface area (Å²) in [5.41, 5.74) is 0.947. The van der Waals surface area contributed by atoms with E-state index in [-0.39, 0.29) is 28.4 Å². The Morgan fingerprint density at radius 2 is 1.20 bits per heavy atom. The first-order valence-electron chi connectivity index (χ1n) is 14.9. The second kappa shape index (κ2) is 15.4. The van der Waals surface area contributed by atoms with Crippen LogP contribution in [0.1, 0.15) is 83.5 Å². The Hall–Kier alpha value is -2.90. The van der Waals surface area contributed by atoms with E-state index in [1.165, 1.54) is 49.9 Å². The number of ether oxygens (including phenoxy) is 3. The summed E-state index contributed by atoms with van der Waals surface area (Å²) in [6.45, 7) is 5.46. The van der Waals surface area contributed by atoms with Crippen molar-refractivity contribution in [1.29, 1.82) is 0 Å². The highest BCUT2D eigenvalue weighted by Crippen LogP contribution is 2.35. The fourth-order valence-corrected chi connectivity index (χ4v) is 5.20. The van der Waals surface area contributed by atoms with E-state index in [0.29, 0.717) is 30.9 Å². The summed E-state index contributed by atoms with van der Waals surface area (Å²) in [5, 5.41) is 0. The van der Waals surface area contributed by atoms with E-state index < -0.39 is 29.6 Å². The number of rotatable bonds is 14. The fourth-order valence-electron chi connectivity index (χ4n) is 5.20. The summed E-state index contributed by atoms with van der Waals surface area (Å²) in [6, 6.07) is 12.1. The normalized spacial score (nSPS) is 17.1. The molecule has 222 valence electrons. The molecule has 1 heterocycles. The standard InChI is InChI=1S/C34H40F4O3/c1-3-5-6-7-8-9-10-20-39-29-19-18-27(31(36)33(29)38)25-14-12-24(13-15-25)26-16-17-28(32(37)30(26)35)34-40-21-23(11-4-2)22-41-34/h12-19,23,34H,3-11,20-22H2,1-2H3. The monoisotopic (exact) mass is 572 g/mol. The fraction of sp³-hybridized carbons (Fsp3) is 0.471. The van der Waals surface area contributed by atoms with Crippen LogP contribution in [0, 0.1) is 29.2 Å². The number of hydrogen-bond donors (Lipinski definition) is 0. The highest BCUT2D eigenvalue weighted by atomic mass is 19.2. The summed E-state index contributed by atoms with van der Waals surface area (Å²) >= 11 is 0. The molecule has 0 N–H and O–H groups in total. The van der Waals surface area contributed by atoms with Gasteiger partial charge in [0, 0.05) is 22.6 Å². The first-order valence-corrected chi connectivity index (χ1v) is 14.9. The Kier molecular flexibility index (Phi) is 11.6. The maximum Gasteiger partial charge on any atom is 0.201 e. The Balaban J connectivity index is 1.39. The van der Waals surface area contributed by atoms with Crippen molar-refractivity contribution in [3.8, 4) is 28.0 Å². The highest BCUT2D eigenvalue weighted by Gasteiger charge is 2.27. The van der Waals surface area contributed by atoms with E-state index in [9.17, 15) is 8.78 Å². The third kappa shape index (κ3) is 7.89. The van der Waals surface area contributed by atoms with Gasteiger partial charge in [-0.3, -0.25) is 0 Å². The molecule has 0 bridgehead atoms. The van der Waals surface area contributed by atoms with E-state index in [1.54, 1.807) is 24.3 Å². The van der Waals surface area contributed by atoms with Gasteiger partial charge in [-0.05, 0) is 36.1 Å². The Morgan fingerprint density at radius 1 is 0.634 bits per heavy atom. The van der Waals surface area contributed by atoms with Crippen molar-refractivity contribution in [2.75, 3.05) is 19.8 Å².